The standard InChI is InChI=1S/C31H33ClO7S/c1-6-37-24-13-18(7-12-23(24)39-40(35,36)20-10-8-19(32)9-11-20)27-28-21(33)14-30(2,3)16-25(28)38-26-17-31(4,5)15-22(34)29(26)27/h7-13,27H,6,14-17H2,1-5H3. The van der Waals surface area contributed by atoms with Crippen molar-refractivity contribution in [1.82, 2.24) is 0 Å². The van der Waals surface area contributed by atoms with Gasteiger partial charge in [-0.1, -0.05) is 45.4 Å². The van der Waals surface area contributed by atoms with E-state index in [9.17, 15) is 18.0 Å². The molecule has 0 bridgehead atoms. The number of carbonyl (C=O) groups is 2. The van der Waals surface area contributed by atoms with E-state index in [0.717, 1.165) is 0 Å². The third kappa shape index (κ3) is 5.44. The first-order chi connectivity index (χ1) is 18.7. The Morgan fingerprint density at radius 3 is 1.93 bits per heavy atom. The second-order valence-electron chi connectivity index (χ2n) is 12.2. The van der Waals surface area contributed by atoms with Crippen molar-refractivity contribution in [2.75, 3.05) is 6.61 Å². The van der Waals surface area contributed by atoms with Crippen molar-refractivity contribution in [2.24, 2.45) is 10.8 Å². The minimum atomic E-state index is -4.18. The molecular weight excluding hydrogens is 552 g/mol. The van der Waals surface area contributed by atoms with E-state index in [1.165, 1.54) is 30.3 Å². The zero-order valence-electron chi connectivity index (χ0n) is 23.3. The highest BCUT2D eigenvalue weighted by Gasteiger charge is 2.48. The Balaban J connectivity index is 1.61. The van der Waals surface area contributed by atoms with Crippen LogP contribution < -0.4 is 8.92 Å². The van der Waals surface area contributed by atoms with Gasteiger partial charge in [-0.3, -0.25) is 9.59 Å². The number of Topliss-reactive ketones (excluding diaryl/α,β-unsaturated/α-hetero) is 2. The minimum absolute atomic E-state index is 0.00298. The highest BCUT2D eigenvalue weighted by molar-refractivity contribution is 7.87. The molecule has 0 N–H and O–H groups in total. The van der Waals surface area contributed by atoms with Crippen LogP contribution in [-0.2, 0) is 24.4 Å². The summed E-state index contributed by atoms with van der Waals surface area (Å²) in [5.74, 6) is 0.682. The fourth-order valence-electron chi connectivity index (χ4n) is 5.82. The molecule has 0 aromatic heterocycles. The highest BCUT2D eigenvalue weighted by atomic mass is 35.5. The minimum Gasteiger partial charge on any atom is -0.490 e. The highest BCUT2D eigenvalue weighted by Crippen LogP contribution is 2.53. The third-order valence-electron chi connectivity index (χ3n) is 7.48. The summed E-state index contributed by atoms with van der Waals surface area (Å²) < 4.78 is 43.7. The quantitative estimate of drug-likeness (QED) is 0.340. The molecule has 5 rings (SSSR count). The number of hydrogen-bond acceptors (Lipinski definition) is 7. The number of carbonyl (C=O) groups excluding carboxylic acids is 2. The number of ketones is 2. The molecule has 0 atom stereocenters. The Labute approximate surface area is 240 Å². The van der Waals surface area contributed by atoms with Gasteiger partial charge in [-0.25, -0.2) is 0 Å². The lowest BCUT2D eigenvalue weighted by Gasteiger charge is -2.42. The van der Waals surface area contributed by atoms with Gasteiger partial charge in [0.1, 0.15) is 16.4 Å². The van der Waals surface area contributed by atoms with E-state index in [1.807, 2.05) is 27.7 Å². The topological polar surface area (TPSA) is 96.0 Å². The van der Waals surface area contributed by atoms with Crippen LogP contribution in [0.1, 0.15) is 71.8 Å². The number of rotatable bonds is 6. The van der Waals surface area contributed by atoms with E-state index >= 15 is 0 Å². The van der Waals surface area contributed by atoms with Crippen LogP contribution in [0.4, 0.5) is 0 Å². The summed E-state index contributed by atoms with van der Waals surface area (Å²) in [5.41, 5.74) is 1.10. The van der Waals surface area contributed by atoms with Crippen LogP contribution in [0.5, 0.6) is 11.5 Å². The lowest BCUT2D eigenvalue weighted by molar-refractivity contribution is -0.120. The molecule has 3 aliphatic rings. The van der Waals surface area contributed by atoms with Crippen LogP contribution >= 0.6 is 11.6 Å². The number of hydrogen-bond donors (Lipinski definition) is 0. The van der Waals surface area contributed by atoms with Crippen LogP contribution in [-0.4, -0.2) is 26.6 Å². The number of benzene rings is 2. The maximum Gasteiger partial charge on any atom is 0.339 e. The molecule has 40 heavy (non-hydrogen) atoms. The predicted octanol–water partition coefficient (Wildman–Crippen LogP) is 6.91. The van der Waals surface area contributed by atoms with Crippen LogP contribution in [0.15, 0.2) is 70.0 Å². The van der Waals surface area contributed by atoms with E-state index in [-0.39, 0.29) is 45.4 Å². The van der Waals surface area contributed by atoms with Crippen LogP contribution in [0.25, 0.3) is 0 Å². The zero-order valence-corrected chi connectivity index (χ0v) is 24.9. The van der Waals surface area contributed by atoms with E-state index in [0.29, 0.717) is 58.9 Å². The van der Waals surface area contributed by atoms with E-state index < -0.39 is 16.0 Å². The van der Waals surface area contributed by atoms with Gasteiger partial charge in [0.15, 0.2) is 23.1 Å². The summed E-state index contributed by atoms with van der Waals surface area (Å²) >= 11 is 5.91. The molecule has 2 aromatic rings. The van der Waals surface area contributed by atoms with Gasteiger partial charge in [-0.15, -0.1) is 0 Å². The molecule has 1 aliphatic heterocycles. The lowest BCUT2D eigenvalue weighted by Crippen LogP contribution is -2.37. The van der Waals surface area contributed by atoms with Gasteiger partial charge in [0.05, 0.1) is 6.61 Å². The fourth-order valence-corrected chi connectivity index (χ4v) is 6.88. The molecule has 0 saturated heterocycles. The molecule has 2 aliphatic carbocycles. The second-order valence-corrected chi connectivity index (χ2v) is 14.2. The molecule has 0 fully saturated rings. The first-order valence-corrected chi connectivity index (χ1v) is 15.2. The maximum atomic E-state index is 13.6. The summed E-state index contributed by atoms with van der Waals surface area (Å²) in [6.07, 6.45) is 1.84. The van der Waals surface area contributed by atoms with Gasteiger partial charge in [-0.2, -0.15) is 8.42 Å². The molecule has 0 amide bonds. The van der Waals surface area contributed by atoms with Crippen LogP contribution in [0.2, 0.25) is 5.02 Å². The van der Waals surface area contributed by atoms with E-state index in [4.69, 9.17) is 25.3 Å². The molecule has 212 valence electrons. The summed E-state index contributed by atoms with van der Waals surface area (Å²) in [6, 6.07) is 10.5. The summed E-state index contributed by atoms with van der Waals surface area (Å²) in [4.78, 5) is 27.1. The van der Waals surface area contributed by atoms with Crippen molar-refractivity contribution >= 4 is 33.3 Å². The maximum absolute atomic E-state index is 13.6. The van der Waals surface area contributed by atoms with Crippen molar-refractivity contribution in [3.8, 4) is 11.5 Å². The first kappa shape index (κ1) is 28.4. The zero-order chi connectivity index (χ0) is 29.0. The van der Waals surface area contributed by atoms with Gasteiger partial charge in [0.25, 0.3) is 0 Å². The fraction of sp³-hybridized carbons (Fsp3) is 0.419. The SMILES string of the molecule is CCOc1cc(C2C3=C(CC(C)(C)CC3=O)OC3=C2C(=O)CC(C)(C)C3)ccc1OS(=O)(=O)c1ccc(Cl)cc1. The number of ether oxygens (including phenoxy) is 2. The molecule has 9 heteroatoms. The van der Waals surface area contributed by atoms with Crippen molar-refractivity contribution in [2.45, 2.75) is 71.1 Å². The van der Waals surface area contributed by atoms with Crippen molar-refractivity contribution in [3.63, 3.8) is 0 Å². The molecule has 2 aromatic carbocycles. The van der Waals surface area contributed by atoms with Crippen LogP contribution in [0, 0.1) is 10.8 Å². The average molecular weight is 585 g/mol. The van der Waals surface area contributed by atoms with Crippen molar-refractivity contribution < 1.29 is 31.7 Å². The van der Waals surface area contributed by atoms with E-state index in [2.05, 4.69) is 0 Å². The Hall–Kier alpha value is -3.10. The van der Waals surface area contributed by atoms with Gasteiger partial charge in [0.2, 0.25) is 0 Å². The molecule has 7 nitrogen and oxygen atoms in total. The normalized spacial score (nSPS) is 20.6. The lowest BCUT2D eigenvalue weighted by atomic mass is 9.65. The molecule has 0 spiro atoms. The second kappa shape index (κ2) is 10.1. The Kier molecular flexibility index (Phi) is 7.16. The van der Waals surface area contributed by atoms with Gasteiger partial charge in [0, 0.05) is 47.8 Å². The molecule has 0 radical (unpaired) electrons. The summed E-state index contributed by atoms with van der Waals surface area (Å²) in [6.45, 7) is 10.2. The summed E-state index contributed by atoms with van der Waals surface area (Å²) in [7, 11) is -4.18. The molecule has 0 saturated carbocycles. The Morgan fingerprint density at radius 1 is 0.850 bits per heavy atom. The van der Waals surface area contributed by atoms with Crippen molar-refractivity contribution in [3.05, 3.63) is 75.7 Å². The molecule has 0 unspecified atom stereocenters. The smallest absolute Gasteiger partial charge is 0.339 e. The predicted molar refractivity (Wildman–Crippen MR) is 151 cm³/mol. The van der Waals surface area contributed by atoms with Crippen LogP contribution in [0.3, 0.4) is 0 Å². The largest absolute Gasteiger partial charge is 0.490 e. The number of halogens is 1. The van der Waals surface area contributed by atoms with Gasteiger partial charge >= 0.3 is 10.1 Å². The van der Waals surface area contributed by atoms with Crippen molar-refractivity contribution in [1.29, 1.82) is 0 Å². The monoisotopic (exact) mass is 584 g/mol. The molecule has 1 heterocycles. The Bertz CT molecular complexity index is 1510. The third-order valence-corrected chi connectivity index (χ3v) is 8.99. The first-order valence-electron chi connectivity index (χ1n) is 13.4. The average Bonchev–Trinajstić information content (AvgIpc) is 2.82. The van der Waals surface area contributed by atoms with E-state index in [1.54, 1.807) is 19.1 Å². The summed E-state index contributed by atoms with van der Waals surface area (Å²) in [5, 5.41) is 0.401. The van der Waals surface area contributed by atoms with Gasteiger partial charge in [-0.05, 0) is 59.7 Å². The van der Waals surface area contributed by atoms with Gasteiger partial charge < -0.3 is 13.7 Å². The Morgan fingerprint density at radius 2 is 1.40 bits per heavy atom. The molecular formula is C31H33ClO7S. The number of allylic oxidation sites excluding steroid dienone is 4.